The number of anilines is 1. The van der Waals surface area contributed by atoms with Crippen molar-refractivity contribution in [3.63, 3.8) is 0 Å². The number of oxazole rings is 1. The summed E-state index contributed by atoms with van der Waals surface area (Å²) >= 11 is 1.28. The summed E-state index contributed by atoms with van der Waals surface area (Å²) in [7, 11) is 0. The van der Waals surface area contributed by atoms with Crippen LogP contribution in [-0.4, -0.2) is 21.0 Å². The summed E-state index contributed by atoms with van der Waals surface area (Å²) < 4.78 is 41.9. The Morgan fingerprint density at radius 3 is 2.85 bits per heavy atom. The van der Waals surface area contributed by atoms with E-state index in [1.807, 2.05) is 6.92 Å². The van der Waals surface area contributed by atoms with Gasteiger partial charge in [0.05, 0.1) is 5.69 Å². The number of carbonyl (C=O) groups is 1. The minimum absolute atomic E-state index is 0.320. The maximum atomic E-state index is 12.5. The summed E-state index contributed by atoms with van der Waals surface area (Å²) in [5.74, 6) is -2.33. The largest absolute Gasteiger partial charge is 0.468 e. The highest BCUT2D eigenvalue weighted by Gasteiger charge is 2.38. The first-order valence-corrected chi connectivity index (χ1v) is 8.40. The van der Waals surface area contributed by atoms with Crippen LogP contribution in [-0.2, 0) is 11.7 Å². The van der Waals surface area contributed by atoms with Crippen LogP contribution in [0.4, 0.5) is 18.9 Å². The van der Waals surface area contributed by atoms with E-state index in [0.29, 0.717) is 29.2 Å². The van der Waals surface area contributed by atoms with E-state index in [1.165, 1.54) is 24.0 Å². The van der Waals surface area contributed by atoms with Gasteiger partial charge in [-0.05, 0) is 24.0 Å². The van der Waals surface area contributed by atoms with Crippen LogP contribution in [0, 0.1) is 0 Å². The van der Waals surface area contributed by atoms with Crippen molar-refractivity contribution >= 4 is 28.5 Å². The topological polar surface area (TPSA) is 106 Å². The number of nitrogens with two attached hydrogens (primary N) is 1. The zero-order chi connectivity index (χ0) is 19.8. The monoisotopic (exact) mass is 397 g/mol. The fourth-order valence-corrected chi connectivity index (χ4v) is 3.42. The van der Waals surface area contributed by atoms with E-state index < -0.39 is 29.2 Å². The van der Waals surface area contributed by atoms with Crippen LogP contribution in [0.2, 0.25) is 0 Å². The van der Waals surface area contributed by atoms with Gasteiger partial charge in [0.25, 0.3) is 5.91 Å². The number of pyridine rings is 1. The zero-order valence-electron chi connectivity index (χ0n) is 14.0. The van der Waals surface area contributed by atoms with Gasteiger partial charge in [-0.15, -0.1) is 0 Å². The number of aliphatic imine (C=N–C) groups is 1. The molecule has 0 saturated heterocycles. The van der Waals surface area contributed by atoms with Gasteiger partial charge < -0.3 is 15.5 Å². The number of nitrogens with one attached hydrogen (secondary N) is 1. The summed E-state index contributed by atoms with van der Waals surface area (Å²) in [6, 6.07) is 3.07. The number of amidine groups is 1. The van der Waals surface area contributed by atoms with Crippen LogP contribution in [0.3, 0.4) is 0 Å². The maximum absolute atomic E-state index is 12.5. The number of rotatable bonds is 3. The number of carbonyl (C=O) groups excluding carboxylic acids is 1. The molecule has 1 aliphatic rings. The molecule has 11 heteroatoms. The Hall–Kier alpha value is -2.82. The first-order valence-electron chi connectivity index (χ1n) is 7.58. The molecule has 0 aromatic carbocycles. The van der Waals surface area contributed by atoms with Crippen LogP contribution >= 0.6 is 11.8 Å². The van der Waals surface area contributed by atoms with Crippen molar-refractivity contribution in [3.05, 3.63) is 53.4 Å². The van der Waals surface area contributed by atoms with Gasteiger partial charge >= 0.3 is 12.1 Å². The third kappa shape index (κ3) is 4.13. The molecule has 7 nitrogen and oxygen atoms in total. The number of nitrogens with zero attached hydrogens (tertiary/aromatic N) is 3. The summed E-state index contributed by atoms with van der Waals surface area (Å²) in [6.45, 7) is 5.74. The van der Waals surface area contributed by atoms with E-state index in [9.17, 15) is 18.0 Å². The van der Waals surface area contributed by atoms with Crippen molar-refractivity contribution in [1.29, 1.82) is 0 Å². The number of aromatic nitrogens is 2. The molecule has 3 heterocycles. The number of hydrogen-bond acceptors (Lipinski definition) is 7. The summed E-state index contributed by atoms with van der Waals surface area (Å²) in [5, 5.41) is 2.82. The van der Waals surface area contributed by atoms with Crippen molar-refractivity contribution in [2.24, 2.45) is 10.7 Å². The molecular weight excluding hydrogens is 383 g/mol. The molecule has 27 heavy (non-hydrogen) atoms. The average Bonchev–Trinajstić information content (AvgIpc) is 3.04. The lowest BCUT2D eigenvalue weighted by Crippen LogP contribution is -2.28. The molecule has 1 aliphatic heterocycles. The van der Waals surface area contributed by atoms with Crippen LogP contribution in [0.5, 0.6) is 0 Å². The molecule has 0 fully saturated rings. The molecule has 1 amide bonds. The molecule has 0 aliphatic carbocycles. The highest BCUT2D eigenvalue weighted by molar-refractivity contribution is 8.17. The number of alkyl halides is 3. The number of halogens is 3. The lowest BCUT2D eigenvalue weighted by molar-refractivity contribution is -0.157. The SMILES string of the molecule is C=C1C[C@@](C)(c2cc(NC(=O)c3coc(C(F)(F)F)n3)ccn2)N=C(N)S1. The lowest BCUT2D eigenvalue weighted by Gasteiger charge is -2.30. The molecule has 0 radical (unpaired) electrons. The predicted molar refractivity (Wildman–Crippen MR) is 94.0 cm³/mol. The Morgan fingerprint density at radius 2 is 2.22 bits per heavy atom. The Bertz CT molecular complexity index is 940. The first kappa shape index (κ1) is 19.0. The smallest absolute Gasteiger partial charge is 0.441 e. The highest BCUT2D eigenvalue weighted by atomic mass is 32.2. The van der Waals surface area contributed by atoms with Crippen LogP contribution in [0.25, 0.3) is 0 Å². The second-order valence-corrected chi connectivity index (χ2v) is 7.16. The molecule has 3 N–H and O–H groups in total. The van der Waals surface area contributed by atoms with E-state index >= 15 is 0 Å². The van der Waals surface area contributed by atoms with Gasteiger partial charge in [0, 0.05) is 18.3 Å². The van der Waals surface area contributed by atoms with E-state index in [0.717, 1.165) is 4.91 Å². The van der Waals surface area contributed by atoms with Crippen LogP contribution in [0.15, 0.2) is 45.5 Å². The molecule has 0 saturated carbocycles. The average molecular weight is 397 g/mol. The second kappa shape index (κ2) is 6.72. The van der Waals surface area contributed by atoms with Gasteiger partial charge in [-0.25, -0.2) is 9.98 Å². The molecular formula is C16H14F3N5O2S. The van der Waals surface area contributed by atoms with E-state index in [4.69, 9.17) is 5.73 Å². The normalized spacial score (nSPS) is 20.3. The van der Waals surface area contributed by atoms with Crippen LogP contribution < -0.4 is 11.1 Å². The van der Waals surface area contributed by atoms with Gasteiger partial charge in [-0.1, -0.05) is 18.3 Å². The fraction of sp³-hybridized carbons (Fsp3) is 0.250. The Morgan fingerprint density at radius 1 is 1.48 bits per heavy atom. The molecule has 0 spiro atoms. The maximum Gasteiger partial charge on any atom is 0.468 e. The predicted octanol–water partition coefficient (Wildman–Crippen LogP) is 3.52. The number of thioether (sulfide) groups is 1. The van der Waals surface area contributed by atoms with Gasteiger partial charge in [-0.2, -0.15) is 13.2 Å². The molecule has 0 bridgehead atoms. The van der Waals surface area contributed by atoms with E-state index in [-0.39, 0.29) is 0 Å². The standard InChI is InChI=1S/C16H14F3N5O2S/c1-8-6-15(2,24-14(20)27-8)11-5-9(3-4-21-11)22-12(25)10-7-26-13(23-10)16(17,18)19/h3-5,7H,1,6H2,2H3,(H2,20,24)(H,21,22,25)/t15-/m0/s1. The minimum Gasteiger partial charge on any atom is -0.441 e. The summed E-state index contributed by atoms with van der Waals surface area (Å²) in [6.07, 6.45) is -2.16. The quantitative estimate of drug-likeness (QED) is 0.821. The van der Waals surface area contributed by atoms with Crippen molar-refractivity contribution in [3.8, 4) is 0 Å². The second-order valence-electron chi connectivity index (χ2n) is 5.96. The van der Waals surface area contributed by atoms with E-state index in [2.05, 4.69) is 31.3 Å². The molecule has 3 rings (SSSR count). The molecule has 142 valence electrons. The molecule has 2 aromatic heterocycles. The van der Waals surface area contributed by atoms with E-state index in [1.54, 1.807) is 6.07 Å². The van der Waals surface area contributed by atoms with Crippen molar-refractivity contribution in [2.45, 2.75) is 25.1 Å². The Labute approximate surface area is 156 Å². The van der Waals surface area contributed by atoms with Gasteiger partial charge in [0.1, 0.15) is 11.8 Å². The Kier molecular flexibility index (Phi) is 4.72. The summed E-state index contributed by atoms with van der Waals surface area (Å²) in [5.41, 5.74) is 5.41. The lowest BCUT2D eigenvalue weighted by atomic mass is 9.93. The third-order valence-corrected chi connectivity index (χ3v) is 4.43. The molecule has 1 atom stereocenters. The highest BCUT2D eigenvalue weighted by Crippen LogP contribution is 2.39. The minimum atomic E-state index is -4.77. The fourth-order valence-electron chi connectivity index (χ4n) is 2.53. The van der Waals surface area contributed by atoms with Crippen LogP contribution in [0.1, 0.15) is 35.4 Å². The van der Waals surface area contributed by atoms with Gasteiger partial charge in [0.2, 0.25) is 0 Å². The number of amides is 1. The zero-order valence-corrected chi connectivity index (χ0v) is 14.8. The molecule has 2 aromatic rings. The van der Waals surface area contributed by atoms with Crippen molar-refractivity contribution in [2.75, 3.05) is 5.32 Å². The summed E-state index contributed by atoms with van der Waals surface area (Å²) in [4.78, 5) is 24.8. The van der Waals surface area contributed by atoms with Crippen molar-refractivity contribution < 1.29 is 22.4 Å². The molecule has 0 unspecified atom stereocenters. The third-order valence-electron chi connectivity index (χ3n) is 3.70. The first-order chi connectivity index (χ1) is 12.6. The number of hydrogen-bond donors (Lipinski definition) is 2. The van der Waals surface area contributed by atoms with Gasteiger partial charge in [0.15, 0.2) is 10.9 Å². The Balaban J connectivity index is 1.82. The van der Waals surface area contributed by atoms with Gasteiger partial charge in [-0.3, -0.25) is 9.78 Å². The van der Waals surface area contributed by atoms with Crippen molar-refractivity contribution in [1.82, 2.24) is 9.97 Å².